The average Bonchev–Trinajstić information content (AvgIpc) is 3.28. The summed E-state index contributed by atoms with van der Waals surface area (Å²) in [6.07, 6.45) is -0.432. The second kappa shape index (κ2) is 7.44. The molecule has 0 saturated heterocycles. The highest BCUT2D eigenvalue weighted by molar-refractivity contribution is 7.18. The molecule has 136 valence electrons. The highest BCUT2D eigenvalue weighted by Crippen LogP contribution is 2.32. The first-order valence-electron chi connectivity index (χ1n) is 7.77. The fourth-order valence-corrected chi connectivity index (χ4v) is 4.02. The summed E-state index contributed by atoms with van der Waals surface area (Å²) in [5.74, 6) is 0.151. The second-order valence-corrected chi connectivity index (χ2v) is 7.86. The van der Waals surface area contributed by atoms with Crippen LogP contribution in [0.15, 0.2) is 29.4 Å². The predicted octanol–water partition coefficient (Wildman–Crippen LogP) is 4.16. The van der Waals surface area contributed by atoms with Crippen molar-refractivity contribution >= 4 is 46.2 Å². The van der Waals surface area contributed by atoms with Gasteiger partial charge in [0, 0.05) is 22.6 Å². The molecule has 1 aromatic heterocycles. The number of carbonyl (C=O) groups excluding carboxylic acids is 1. The first-order chi connectivity index (χ1) is 12.6. The lowest BCUT2D eigenvalue weighted by molar-refractivity contribution is -0.156. The number of esters is 1. The molecular weight excluding hydrogens is 401 g/mol. The Morgan fingerprint density at radius 1 is 1.35 bits per heavy atom. The van der Waals surface area contributed by atoms with Crippen molar-refractivity contribution in [1.29, 1.82) is 0 Å². The number of halogens is 2. The van der Waals surface area contributed by atoms with E-state index < -0.39 is 12.1 Å². The van der Waals surface area contributed by atoms with Gasteiger partial charge in [-0.25, -0.2) is 4.79 Å². The molecule has 0 unspecified atom stereocenters. The van der Waals surface area contributed by atoms with Gasteiger partial charge in [-0.3, -0.25) is 0 Å². The number of carbonyl (C=O) groups is 1. The molecule has 6 nitrogen and oxygen atoms in total. The van der Waals surface area contributed by atoms with Crippen molar-refractivity contribution in [3.05, 3.63) is 49.6 Å². The Balaban J connectivity index is 1.39. The molecule has 1 atom stereocenters. The molecule has 0 aliphatic carbocycles. The lowest BCUT2D eigenvalue weighted by atomic mass is 10.1. The van der Waals surface area contributed by atoms with E-state index in [9.17, 15) is 4.79 Å². The number of hydrogen-bond acceptors (Lipinski definition) is 7. The van der Waals surface area contributed by atoms with Crippen molar-refractivity contribution in [2.75, 3.05) is 6.79 Å². The predicted molar refractivity (Wildman–Crippen MR) is 96.9 cm³/mol. The third-order valence-electron chi connectivity index (χ3n) is 3.91. The summed E-state index contributed by atoms with van der Waals surface area (Å²) in [7, 11) is 0. The molecule has 1 aromatic carbocycles. The van der Waals surface area contributed by atoms with E-state index in [0.717, 1.165) is 10.4 Å². The average molecular weight is 414 g/mol. The summed E-state index contributed by atoms with van der Waals surface area (Å²) < 4.78 is 16.8. The number of ether oxygens (including phenoxy) is 3. The van der Waals surface area contributed by atoms with Crippen LogP contribution in [0.3, 0.4) is 0 Å². The summed E-state index contributed by atoms with van der Waals surface area (Å²) in [6.45, 7) is 0.590. The van der Waals surface area contributed by atoms with Crippen LogP contribution < -0.4 is 4.74 Å². The minimum atomic E-state index is -0.773. The topological polar surface area (TPSA) is 66.4 Å². The van der Waals surface area contributed by atoms with Gasteiger partial charge in [0.15, 0.2) is 6.79 Å². The van der Waals surface area contributed by atoms with Gasteiger partial charge in [-0.15, -0.1) is 11.3 Å². The van der Waals surface area contributed by atoms with Crippen LogP contribution in [0.4, 0.5) is 0 Å². The van der Waals surface area contributed by atoms with E-state index >= 15 is 0 Å². The Morgan fingerprint density at radius 3 is 3.04 bits per heavy atom. The molecule has 2 aliphatic heterocycles. The fraction of sp³-hybridized carbons (Fsp3) is 0.294. The van der Waals surface area contributed by atoms with Gasteiger partial charge in [0.25, 0.3) is 0 Å². The molecule has 0 fully saturated rings. The van der Waals surface area contributed by atoms with Gasteiger partial charge in [-0.2, -0.15) is 0 Å². The summed E-state index contributed by atoms with van der Waals surface area (Å²) in [5, 5.41) is 4.50. The zero-order valence-electron chi connectivity index (χ0n) is 13.4. The number of oxime groups is 1. The molecule has 2 aromatic rings. The highest BCUT2D eigenvalue weighted by atomic mass is 35.5. The maximum atomic E-state index is 12.3. The van der Waals surface area contributed by atoms with Crippen LogP contribution in [0.25, 0.3) is 0 Å². The van der Waals surface area contributed by atoms with Crippen molar-refractivity contribution in [1.82, 2.24) is 0 Å². The molecule has 26 heavy (non-hydrogen) atoms. The first-order valence-corrected chi connectivity index (χ1v) is 9.34. The van der Waals surface area contributed by atoms with Crippen LogP contribution >= 0.6 is 34.5 Å². The van der Waals surface area contributed by atoms with Crippen LogP contribution in [0.5, 0.6) is 5.75 Å². The Morgan fingerprint density at radius 2 is 2.23 bits per heavy atom. The van der Waals surface area contributed by atoms with Gasteiger partial charge in [0.1, 0.15) is 18.1 Å². The standard InChI is InChI=1S/C17H13Cl2NO5S/c18-11-3-9-6-22-8-24-16(9)10(4-11)7-23-17(21)13-5-12(20-25-13)14-1-2-15(19)26-14/h1-4,13H,5-8H2/t13-/m1/s1. The second-order valence-electron chi connectivity index (χ2n) is 5.71. The van der Waals surface area contributed by atoms with Crippen molar-refractivity contribution < 1.29 is 23.8 Å². The van der Waals surface area contributed by atoms with E-state index in [4.69, 9.17) is 42.3 Å². The van der Waals surface area contributed by atoms with Crippen molar-refractivity contribution in [2.45, 2.75) is 25.7 Å². The molecular formula is C17H13Cl2NO5S. The lowest BCUT2D eigenvalue weighted by Crippen LogP contribution is -2.23. The summed E-state index contributed by atoms with van der Waals surface area (Å²) in [6, 6.07) is 7.11. The Kier molecular flexibility index (Phi) is 5.04. The van der Waals surface area contributed by atoms with Crippen molar-refractivity contribution in [3.8, 4) is 5.75 Å². The molecule has 4 rings (SSSR count). The Hall–Kier alpha value is -1.80. The van der Waals surface area contributed by atoms with Crippen molar-refractivity contribution in [2.24, 2.45) is 5.16 Å². The van der Waals surface area contributed by atoms with Gasteiger partial charge in [0.2, 0.25) is 6.10 Å². The lowest BCUT2D eigenvalue weighted by Gasteiger charge is -2.21. The van der Waals surface area contributed by atoms with E-state index in [0.29, 0.717) is 39.4 Å². The molecule has 0 radical (unpaired) electrons. The quantitative estimate of drug-likeness (QED) is 0.703. The zero-order valence-corrected chi connectivity index (χ0v) is 15.7. The molecule has 0 amide bonds. The van der Waals surface area contributed by atoms with Crippen LogP contribution in [-0.2, 0) is 32.3 Å². The summed E-state index contributed by atoms with van der Waals surface area (Å²) >= 11 is 13.4. The van der Waals surface area contributed by atoms with Gasteiger partial charge in [-0.1, -0.05) is 28.4 Å². The fourth-order valence-electron chi connectivity index (χ4n) is 2.72. The van der Waals surface area contributed by atoms with E-state index in [2.05, 4.69) is 5.16 Å². The number of nitrogens with zero attached hydrogens (tertiary/aromatic N) is 1. The number of hydrogen-bond donors (Lipinski definition) is 0. The van der Waals surface area contributed by atoms with Crippen LogP contribution in [0.2, 0.25) is 9.36 Å². The molecule has 2 aliphatic rings. The molecule has 0 bridgehead atoms. The van der Waals surface area contributed by atoms with Crippen molar-refractivity contribution in [3.63, 3.8) is 0 Å². The Bertz CT molecular complexity index is 882. The molecule has 0 spiro atoms. The number of benzene rings is 1. The van der Waals surface area contributed by atoms with Crippen LogP contribution in [0, 0.1) is 0 Å². The van der Waals surface area contributed by atoms with E-state index in [-0.39, 0.29) is 13.4 Å². The van der Waals surface area contributed by atoms with E-state index in [1.54, 1.807) is 18.2 Å². The van der Waals surface area contributed by atoms with Gasteiger partial charge >= 0.3 is 5.97 Å². The normalized spacial score (nSPS) is 18.5. The third-order valence-corrected chi connectivity index (χ3v) is 5.41. The smallest absolute Gasteiger partial charge is 0.350 e. The Labute approximate surface area is 163 Å². The van der Waals surface area contributed by atoms with Gasteiger partial charge < -0.3 is 19.0 Å². The van der Waals surface area contributed by atoms with Crippen LogP contribution in [0.1, 0.15) is 22.4 Å². The SMILES string of the molecule is O=C(OCc1cc(Cl)cc2c1OCOC2)[C@H]1CC(c2ccc(Cl)s2)=NO1. The molecule has 9 heteroatoms. The molecule has 0 saturated carbocycles. The van der Waals surface area contributed by atoms with E-state index in [1.807, 2.05) is 6.07 Å². The molecule has 0 N–H and O–H groups in total. The van der Waals surface area contributed by atoms with E-state index in [1.165, 1.54) is 11.3 Å². The van der Waals surface area contributed by atoms with Gasteiger partial charge in [-0.05, 0) is 24.3 Å². The number of fused-ring (bicyclic) bond motifs is 1. The third kappa shape index (κ3) is 3.66. The zero-order chi connectivity index (χ0) is 18.1. The largest absolute Gasteiger partial charge is 0.467 e. The minimum Gasteiger partial charge on any atom is -0.467 e. The maximum absolute atomic E-state index is 12.3. The summed E-state index contributed by atoms with van der Waals surface area (Å²) in [5.41, 5.74) is 2.20. The number of thiophene rings is 1. The first kappa shape index (κ1) is 17.6. The monoisotopic (exact) mass is 413 g/mol. The summed E-state index contributed by atoms with van der Waals surface area (Å²) in [4.78, 5) is 18.4. The maximum Gasteiger partial charge on any atom is 0.350 e. The number of rotatable bonds is 4. The van der Waals surface area contributed by atoms with Gasteiger partial charge in [0.05, 0.1) is 15.8 Å². The molecule has 3 heterocycles. The highest BCUT2D eigenvalue weighted by Gasteiger charge is 2.31. The minimum absolute atomic E-state index is 0.0295. The van der Waals surface area contributed by atoms with Crippen LogP contribution in [-0.4, -0.2) is 24.6 Å².